The molecule has 2 rings (SSSR count). The number of rotatable bonds is 3. The smallest absolute Gasteiger partial charge is 0.323 e. The first-order chi connectivity index (χ1) is 7.33. The summed E-state index contributed by atoms with van der Waals surface area (Å²) in [7, 11) is 1.48. The molecule has 1 unspecified atom stereocenters. The van der Waals surface area contributed by atoms with Crippen molar-refractivity contribution in [2.45, 2.75) is 25.3 Å². The number of esters is 1. The first-order valence-electron chi connectivity index (χ1n) is 5.72. The highest BCUT2D eigenvalue weighted by Crippen LogP contribution is 2.36. The Morgan fingerprint density at radius 2 is 2.20 bits per heavy atom. The number of carbonyl (C=O) groups excluding carboxylic acids is 1. The van der Waals surface area contributed by atoms with Crippen molar-refractivity contribution in [3.8, 4) is 0 Å². The van der Waals surface area contributed by atoms with Crippen LogP contribution in [0.25, 0.3) is 0 Å². The van der Waals surface area contributed by atoms with Gasteiger partial charge in [-0.2, -0.15) is 0 Å². The van der Waals surface area contributed by atoms with Gasteiger partial charge in [-0.1, -0.05) is 0 Å². The minimum atomic E-state index is -0.0700. The number of hydrogen-bond donors (Lipinski definition) is 0. The van der Waals surface area contributed by atoms with Gasteiger partial charge in [0.05, 0.1) is 13.7 Å². The molecule has 1 atom stereocenters. The van der Waals surface area contributed by atoms with Gasteiger partial charge < -0.3 is 9.47 Å². The molecule has 1 heterocycles. The van der Waals surface area contributed by atoms with Crippen molar-refractivity contribution in [1.82, 2.24) is 4.90 Å². The molecule has 4 heteroatoms. The molecule has 86 valence electrons. The Hall–Kier alpha value is -0.610. The molecular formula is C11H19NO3. The summed E-state index contributed by atoms with van der Waals surface area (Å²) in [5.74, 6) is 0.454. The van der Waals surface area contributed by atoms with Gasteiger partial charge in [0, 0.05) is 19.7 Å². The molecule has 2 aliphatic rings. The van der Waals surface area contributed by atoms with E-state index in [0.29, 0.717) is 5.92 Å². The highest BCUT2D eigenvalue weighted by molar-refractivity contribution is 5.76. The summed E-state index contributed by atoms with van der Waals surface area (Å²) in [6.45, 7) is 3.36. The molecule has 1 saturated carbocycles. The fraction of sp³-hybridized carbons (Fsp3) is 0.909. The van der Waals surface area contributed by atoms with E-state index in [1.165, 1.54) is 7.11 Å². The van der Waals surface area contributed by atoms with Crippen molar-refractivity contribution in [2.75, 3.05) is 33.4 Å². The Morgan fingerprint density at radius 3 is 2.87 bits per heavy atom. The van der Waals surface area contributed by atoms with Gasteiger partial charge in [0.2, 0.25) is 0 Å². The third-order valence-electron chi connectivity index (χ3n) is 3.16. The lowest BCUT2D eigenvalue weighted by molar-refractivity contribution is -0.147. The summed E-state index contributed by atoms with van der Waals surface area (Å²) in [4.78, 5) is 13.9. The van der Waals surface area contributed by atoms with Crippen molar-refractivity contribution in [1.29, 1.82) is 0 Å². The van der Waals surface area contributed by atoms with Crippen LogP contribution in [0, 0.1) is 5.92 Å². The average molecular weight is 213 g/mol. The lowest BCUT2D eigenvalue weighted by Gasteiger charge is -2.27. The highest BCUT2D eigenvalue weighted by Gasteiger charge is 2.40. The summed E-state index contributed by atoms with van der Waals surface area (Å²) >= 11 is 0. The fourth-order valence-electron chi connectivity index (χ4n) is 2.22. The van der Waals surface area contributed by atoms with Crippen molar-refractivity contribution < 1.29 is 14.3 Å². The van der Waals surface area contributed by atoms with Crippen LogP contribution in [0.5, 0.6) is 0 Å². The Bertz CT molecular complexity index is 220. The molecule has 0 amide bonds. The molecule has 1 aliphatic heterocycles. The van der Waals surface area contributed by atoms with E-state index in [1.807, 2.05) is 0 Å². The van der Waals surface area contributed by atoms with Gasteiger partial charge in [-0.3, -0.25) is 9.69 Å². The van der Waals surface area contributed by atoms with Gasteiger partial charge in [-0.25, -0.2) is 0 Å². The van der Waals surface area contributed by atoms with Crippen LogP contribution in [0.4, 0.5) is 0 Å². The van der Waals surface area contributed by atoms with Crippen LogP contribution < -0.4 is 0 Å². The van der Waals surface area contributed by atoms with Crippen LogP contribution in [0.15, 0.2) is 0 Å². The molecular weight excluding hydrogens is 194 g/mol. The minimum absolute atomic E-state index is 0.0169. The Balaban J connectivity index is 1.98. The van der Waals surface area contributed by atoms with Crippen molar-refractivity contribution in [3.05, 3.63) is 0 Å². The molecule has 1 aliphatic carbocycles. The maximum Gasteiger partial charge on any atom is 0.323 e. The molecule has 0 spiro atoms. The van der Waals surface area contributed by atoms with E-state index in [4.69, 9.17) is 9.47 Å². The maximum absolute atomic E-state index is 11.7. The van der Waals surface area contributed by atoms with Crippen LogP contribution in [0.3, 0.4) is 0 Å². The van der Waals surface area contributed by atoms with Gasteiger partial charge in [0.25, 0.3) is 0 Å². The number of hydrogen-bond acceptors (Lipinski definition) is 4. The normalized spacial score (nSPS) is 25.7. The van der Waals surface area contributed by atoms with Crippen LogP contribution in [0.2, 0.25) is 0 Å². The van der Waals surface area contributed by atoms with Gasteiger partial charge in [0.1, 0.15) is 6.04 Å². The minimum Gasteiger partial charge on any atom is -0.468 e. The lowest BCUT2D eigenvalue weighted by Crippen LogP contribution is -2.44. The molecule has 0 N–H and O–H groups in total. The summed E-state index contributed by atoms with van der Waals surface area (Å²) < 4.78 is 10.3. The average Bonchev–Trinajstić information content (AvgIpc) is 3.05. The molecule has 0 bridgehead atoms. The predicted molar refractivity (Wildman–Crippen MR) is 55.5 cm³/mol. The van der Waals surface area contributed by atoms with Gasteiger partial charge in [-0.05, 0) is 25.2 Å². The van der Waals surface area contributed by atoms with Crippen LogP contribution >= 0.6 is 0 Å². The topological polar surface area (TPSA) is 38.8 Å². The number of carbonyl (C=O) groups is 1. The van der Waals surface area contributed by atoms with Gasteiger partial charge >= 0.3 is 5.97 Å². The van der Waals surface area contributed by atoms with Gasteiger partial charge in [-0.15, -0.1) is 0 Å². The van der Waals surface area contributed by atoms with E-state index in [0.717, 1.165) is 45.6 Å². The van der Waals surface area contributed by atoms with Crippen LogP contribution in [-0.2, 0) is 14.3 Å². The zero-order valence-corrected chi connectivity index (χ0v) is 9.28. The van der Waals surface area contributed by atoms with Crippen LogP contribution in [0.1, 0.15) is 19.3 Å². The molecule has 2 fully saturated rings. The summed E-state index contributed by atoms with van der Waals surface area (Å²) in [6, 6.07) is -0.0169. The standard InChI is InChI=1S/C11H19NO3/c1-14-11(13)10(9-3-4-9)12-5-2-7-15-8-6-12/h9-10H,2-8H2,1H3. The summed E-state index contributed by atoms with van der Waals surface area (Å²) in [6.07, 6.45) is 3.34. The molecule has 4 nitrogen and oxygen atoms in total. The van der Waals surface area contributed by atoms with Crippen molar-refractivity contribution >= 4 is 5.97 Å². The third kappa shape index (κ3) is 2.69. The second-order valence-electron chi connectivity index (χ2n) is 4.31. The van der Waals surface area contributed by atoms with E-state index < -0.39 is 0 Å². The van der Waals surface area contributed by atoms with Crippen LogP contribution in [-0.4, -0.2) is 50.3 Å². The van der Waals surface area contributed by atoms with E-state index >= 15 is 0 Å². The Kier molecular flexibility index (Phi) is 3.59. The quantitative estimate of drug-likeness (QED) is 0.646. The van der Waals surface area contributed by atoms with E-state index in [9.17, 15) is 4.79 Å². The second kappa shape index (κ2) is 4.94. The van der Waals surface area contributed by atoms with Gasteiger partial charge in [0.15, 0.2) is 0 Å². The summed E-state index contributed by atoms with van der Waals surface area (Å²) in [5, 5.41) is 0. The Labute approximate surface area is 90.5 Å². The van der Waals surface area contributed by atoms with E-state index in [-0.39, 0.29) is 12.0 Å². The molecule has 0 aromatic rings. The monoisotopic (exact) mass is 213 g/mol. The molecule has 0 radical (unpaired) electrons. The van der Waals surface area contributed by atoms with E-state index in [2.05, 4.69) is 4.90 Å². The molecule has 15 heavy (non-hydrogen) atoms. The SMILES string of the molecule is COC(=O)C(C1CC1)N1CCCOCC1. The third-order valence-corrected chi connectivity index (χ3v) is 3.16. The van der Waals surface area contributed by atoms with E-state index in [1.54, 1.807) is 0 Å². The fourth-order valence-corrected chi connectivity index (χ4v) is 2.22. The first-order valence-corrected chi connectivity index (χ1v) is 5.72. The second-order valence-corrected chi connectivity index (χ2v) is 4.31. The first kappa shape index (κ1) is 10.9. The summed E-state index contributed by atoms with van der Waals surface area (Å²) in [5.41, 5.74) is 0. The number of nitrogens with zero attached hydrogens (tertiary/aromatic N) is 1. The maximum atomic E-state index is 11.7. The number of methoxy groups -OCH3 is 1. The largest absolute Gasteiger partial charge is 0.468 e. The lowest BCUT2D eigenvalue weighted by atomic mass is 10.1. The zero-order valence-electron chi connectivity index (χ0n) is 9.28. The zero-order chi connectivity index (χ0) is 10.7. The molecule has 1 saturated heterocycles. The van der Waals surface area contributed by atoms with Crippen molar-refractivity contribution in [2.24, 2.45) is 5.92 Å². The molecule has 0 aromatic carbocycles. The molecule has 0 aromatic heterocycles. The number of ether oxygens (including phenoxy) is 2. The van der Waals surface area contributed by atoms with Crippen molar-refractivity contribution in [3.63, 3.8) is 0 Å². The predicted octanol–water partition coefficient (Wildman–Crippen LogP) is 0.660. The Morgan fingerprint density at radius 1 is 1.40 bits per heavy atom. The highest BCUT2D eigenvalue weighted by atomic mass is 16.5.